The second-order valence-electron chi connectivity index (χ2n) is 11.2. The first kappa shape index (κ1) is 24.7. The Kier molecular flexibility index (Phi) is 6.23. The van der Waals surface area contributed by atoms with E-state index in [1.807, 2.05) is 0 Å². The van der Waals surface area contributed by atoms with Crippen molar-refractivity contribution in [2.24, 2.45) is 11.3 Å². The minimum absolute atomic E-state index is 0.0135. The molecule has 0 radical (unpaired) electrons. The average Bonchev–Trinajstić information content (AvgIpc) is 3.79. The SMILES string of the molecule is O=C(NC1CC1)C(=O)C(CC1CCNC1=O)NC(=O)C1CC2(CCN1C(=O)c1ccc3c(c1)OCO3)CC2. The molecule has 11 heteroatoms. The third kappa shape index (κ3) is 4.93. The van der Waals surface area contributed by atoms with Crippen LogP contribution < -0.4 is 25.4 Å². The van der Waals surface area contributed by atoms with Crippen molar-refractivity contribution < 1.29 is 33.4 Å². The molecular weight excluding hydrogens is 492 g/mol. The summed E-state index contributed by atoms with van der Waals surface area (Å²) in [7, 11) is 0. The van der Waals surface area contributed by atoms with Gasteiger partial charge in [-0.05, 0) is 75.0 Å². The number of hydrogen-bond donors (Lipinski definition) is 3. The van der Waals surface area contributed by atoms with Crippen molar-refractivity contribution in [3.8, 4) is 11.5 Å². The first-order valence-electron chi connectivity index (χ1n) is 13.5. The van der Waals surface area contributed by atoms with Crippen LogP contribution in [0.25, 0.3) is 0 Å². The van der Waals surface area contributed by atoms with E-state index in [9.17, 15) is 24.0 Å². The molecule has 2 saturated heterocycles. The lowest BCUT2D eigenvalue weighted by Gasteiger charge is -2.39. The first-order valence-corrected chi connectivity index (χ1v) is 13.5. The van der Waals surface area contributed by atoms with Crippen LogP contribution in [0.5, 0.6) is 11.5 Å². The van der Waals surface area contributed by atoms with Crippen molar-refractivity contribution in [1.29, 1.82) is 0 Å². The summed E-state index contributed by atoms with van der Waals surface area (Å²) in [6.45, 7) is 1.000. The number of ether oxygens (including phenoxy) is 2. The van der Waals surface area contributed by atoms with E-state index < -0.39 is 35.6 Å². The maximum atomic E-state index is 13.7. The van der Waals surface area contributed by atoms with Gasteiger partial charge >= 0.3 is 0 Å². The number of fused-ring (bicyclic) bond motifs is 1. The molecule has 1 aromatic rings. The zero-order valence-corrected chi connectivity index (χ0v) is 21.1. The number of benzene rings is 1. The van der Waals surface area contributed by atoms with Gasteiger partial charge in [0.25, 0.3) is 11.8 Å². The summed E-state index contributed by atoms with van der Waals surface area (Å²) in [6.07, 6.45) is 5.51. The summed E-state index contributed by atoms with van der Waals surface area (Å²) in [5.74, 6) is -1.88. The summed E-state index contributed by atoms with van der Waals surface area (Å²) >= 11 is 0. The highest BCUT2D eigenvalue weighted by atomic mass is 16.7. The molecule has 6 rings (SSSR count). The quantitative estimate of drug-likeness (QED) is 0.424. The maximum Gasteiger partial charge on any atom is 0.289 e. The number of hydrogen-bond acceptors (Lipinski definition) is 7. The summed E-state index contributed by atoms with van der Waals surface area (Å²) in [5, 5.41) is 8.22. The minimum atomic E-state index is -1.14. The fourth-order valence-corrected chi connectivity index (χ4v) is 5.74. The van der Waals surface area contributed by atoms with Crippen molar-refractivity contribution in [2.45, 2.75) is 69.5 Å². The molecule has 1 spiro atoms. The normalized spacial score (nSPS) is 25.5. The minimum Gasteiger partial charge on any atom is -0.454 e. The standard InChI is InChI=1S/C27H32N4O7/c32-22(25(35)29-17-2-3-17)18(11-15-5-9-28-23(15)33)30-24(34)19-13-27(6-7-27)8-10-31(19)26(36)16-1-4-20-21(12-16)38-14-37-20/h1,4,12,15,17-19H,2-3,5-11,13-14H2,(H,28,33)(H,29,35)(H,30,34). The van der Waals surface area contributed by atoms with Crippen molar-refractivity contribution in [2.75, 3.05) is 19.9 Å². The molecule has 3 N–H and O–H groups in total. The number of nitrogens with zero attached hydrogens (tertiary/aromatic N) is 1. The predicted octanol–water partition coefficient (Wildman–Crippen LogP) is 0.659. The highest BCUT2D eigenvalue weighted by Crippen LogP contribution is 2.55. The van der Waals surface area contributed by atoms with E-state index in [2.05, 4.69) is 16.0 Å². The molecule has 1 aromatic carbocycles. The largest absolute Gasteiger partial charge is 0.454 e. The maximum absolute atomic E-state index is 13.7. The van der Waals surface area contributed by atoms with Gasteiger partial charge in [-0.25, -0.2) is 0 Å². The molecule has 38 heavy (non-hydrogen) atoms. The van der Waals surface area contributed by atoms with E-state index in [0.717, 1.165) is 32.1 Å². The van der Waals surface area contributed by atoms with Gasteiger partial charge in [-0.3, -0.25) is 24.0 Å². The van der Waals surface area contributed by atoms with Crippen LogP contribution in [-0.4, -0.2) is 72.3 Å². The molecule has 2 aliphatic carbocycles. The molecule has 11 nitrogen and oxygen atoms in total. The Morgan fingerprint density at radius 2 is 1.87 bits per heavy atom. The van der Waals surface area contributed by atoms with Gasteiger partial charge in [-0.2, -0.15) is 0 Å². The van der Waals surface area contributed by atoms with E-state index in [1.165, 1.54) is 0 Å². The summed E-state index contributed by atoms with van der Waals surface area (Å²) < 4.78 is 10.8. The number of Topliss-reactive ketones (excluding diaryl/α,β-unsaturated/α-hetero) is 1. The Morgan fingerprint density at radius 3 is 2.58 bits per heavy atom. The van der Waals surface area contributed by atoms with Crippen molar-refractivity contribution in [3.63, 3.8) is 0 Å². The van der Waals surface area contributed by atoms with Crippen LogP contribution >= 0.6 is 0 Å². The molecule has 4 fully saturated rings. The van der Waals surface area contributed by atoms with E-state index in [0.29, 0.717) is 43.0 Å². The molecule has 3 aliphatic heterocycles. The van der Waals surface area contributed by atoms with Crippen molar-refractivity contribution >= 4 is 29.4 Å². The average molecular weight is 525 g/mol. The van der Waals surface area contributed by atoms with E-state index in [-0.39, 0.29) is 36.5 Å². The van der Waals surface area contributed by atoms with Gasteiger partial charge in [0.1, 0.15) is 6.04 Å². The molecule has 3 unspecified atom stereocenters. The van der Waals surface area contributed by atoms with Crippen LogP contribution in [0.15, 0.2) is 18.2 Å². The number of nitrogens with one attached hydrogen (secondary N) is 3. The van der Waals surface area contributed by atoms with E-state index in [4.69, 9.17) is 9.47 Å². The summed E-state index contributed by atoms with van der Waals surface area (Å²) in [4.78, 5) is 66.9. The number of carbonyl (C=O) groups is 5. The monoisotopic (exact) mass is 524 g/mol. The Labute approximate surface area is 220 Å². The number of carbonyl (C=O) groups excluding carboxylic acids is 5. The third-order valence-corrected chi connectivity index (χ3v) is 8.48. The lowest BCUT2D eigenvalue weighted by molar-refractivity contribution is -0.141. The van der Waals surface area contributed by atoms with Gasteiger partial charge in [0.15, 0.2) is 11.5 Å². The topological polar surface area (TPSA) is 143 Å². The van der Waals surface area contributed by atoms with Crippen LogP contribution in [0.1, 0.15) is 61.7 Å². The van der Waals surface area contributed by atoms with Crippen LogP contribution in [0.3, 0.4) is 0 Å². The van der Waals surface area contributed by atoms with Gasteiger partial charge in [0.05, 0.1) is 6.04 Å². The number of piperidine rings is 1. The second kappa shape index (κ2) is 9.59. The third-order valence-electron chi connectivity index (χ3n) is 8.48. The molecule has 3 heterocycles. The van der Waals surface area contributed by atoms with Crippen LogP contribution in [0.2, 0.25) is 0 Å². The van der Waals surface area contributed by atoms with Gasteiger partial charge in [0.2, 0.25) is 24.4 Å². The van der Waals surface area contributed by atoms with Gasteiger partial charge in [-0.1, -0.05) is 0 Å². The fourth-order valence-electron chi connectivity index (χ4n) is 5.74. The Morgan fingerprint density at radius 1 is 1.08 bits per heavy atom. The lowest BCUT2D eigenvalue weighted by Crippen LogP contribution is -2.58. The number of amides is 4. The second-order valence-corrected chi connectivity index (χ2v) is 11.2. The highest BCUT2D eigenvalue weighted by Gasteiger charge is 2.51. The van der Waals surface area contributed by atoms with Gasteiger partial charge < -0.3 is 30.3 Å². The van der Waals surface area contributed by atoms with Crippen molar-refractivity contribution in [1.82, 2.24) is 20.9 Å². The van der Waals surface area contributed by atoms with Gasteiger partial charge in [-0.15, -0.1) is 0 Å². The van der Waals surface area contributed by atoms with E-state index in [1.54, 1.807) is 23.1 Å². The van der Waals surface area contributed by atoms with Crippen LogP contribution in [0, 0.1) is 11.3 Å². The summed E-state index contributed by atoms with van der Waals surface area (Å²) in [5.41, 5.74) is 0.417. The Bertz CT molecular complexity index is 1190. The smallest absolute Gasteiger partial charge is 0.289 e. The van der Waals surface area contributed by atoms with Crippen LogP contribution in [0.4, 0.5) is 0 Å². The zero-order chi connectivity index (χ0) is 26.4. The predicted molar refractivity (Wildman–Crippen MR) is 132 cm³/mol. The number of ketones is 1. The van der Waals surface area contributed by atoms with Gasteiger partial charge in [0, 0.05) is 30.6 Å². The molecular formula is C27H32N4O7. The number of rotatable bonds is 8. The highest BCUT2D eigenvalue weighted by molar-refractivity contribution is 6.38. The molecule has 5 aliphatic rings. The molecule has 0 bridgehead atoms. The molecule has 3 atom stereocenters. The molecule has 0 aromatic heterocycles. The number of likely N-dealkylation sites (tertiary alicyclic amines) is 1. The zero-order valence-electron chi connectivity index (χ0n) is 21.1. The molecule has 4 amide bonds. The fraction of sp³-hybridized carbons (Fsp3) is 0.593. The summed E-state index contributed by atoms with van der Waals surface area (Å²) in [6, 6.07) is 3.00. The first-order chi connectivity index (χ1) is 18.3. The Balaban J connectivity index is 1.21. The van der Waals surface area contributed by atoms with Crippen LogP contribution in [-0.2, 0) is 19.2 Å². The lowest BCUT2D eigenvalue weighted by atomic mass is 9.86. The van der Waals surface area contributed by atoms with E-state index >= 15 is 0 Å². The molecule has 202 valence electrons. The van der Waals surface area contributed by atoms with Crippen molar-refractivity contribution in [3.05, 3.63) is 23.8 Å². The Hall–Kier alpha value is -3.63. The molecule has 2 saturated carbocycles.